The number of hydrogen-bond donors (Lipinski definition) is 2. The van der Waals surface area contributed by atoms with Gasteiger partial charge in [0.1, 0.15) is 17.2 Å². The van der Waals surface area contributed by atoms with Crippen molar-refractivity contribution in [2.24, 2.45) is 16.7 Å². The fraction of sp³-hybridized carbons (Fsp3) is 0.519. The van der Waals surface area contributed by atoms with Crippen molar-refractivity contribution >= 4 is 18.6 Å². The topological polar surface area (TPSA) is 85.2 Å². The van der Waals surface area contributed by atoms with Crippen LogP contribution < -0.4 is 14.9 Å². The smallest absolute Gasteiger partial charge is 0.488 e. The lowest BCUT2D eigenvalue weighted by atomic mass is 9.72. The van der Waals surface area contributed by atoms with Crippen LogP contribution in [0, 0.1) is 16.7 Å². The van der Waals surface area contributed by atoms with E-state index >= 15 is 0 Å². The van der Waals surface area contributed by atoms with Crippen LogP contribution in [0.1, 0.15) is 60.8 Å². The monoisotopic (exact) mass is 470 g/mol. The first-order chi connectivity index (χ1) is 15.8. The molecule has 2 N–H and O–H groups in total. The molecule has 1 atom stereocenters. The van der Waals surface area contributed by atoms with Crippen LogP contribution in [0.3, 0.4) is 0 Å². The first kappa shape index (κ1) is 27.7. The first-order valence-electron chi connectivity index (χ1n) is 11.9. The summed E-state index contributed by atoms with van der Waals surface area (Å²) in [4.78, 5) is 12.6. The second-order valence-electron chi connectivity index (χ2n) is 10.9. The van der Waals surface area contributed by atoms with Crippen LogP contribution in [0.25, 0.3) is 0 Å². The van der Waals surface area contributed by atoms with Gasteiger partial charge >= 0.3 is 13.1 Å². The van der Waals surface area contributed by atoms with Crippen LogP contribution in [-0.4, -0.2) is 36.3 Å². The van der Waals surface area contributed by atoms with Crippen molar-refractivity contribution in [3.05, 3.63) is 48.5 Å². The number of unbranched alkanes of at least 4 members (excludes halogenated alkanes) is 1. The van der Waals surface area contributed by atoms with E-state index in [-0.39, 0.29) is 22.7 Å². The van der Waals surface area contributed by atoms with E-state index in [0.29, 0.717) is 30.2 Å². The molecular weight excluding hydrogens is 431 g/mol. The largest absolute Gasteiger partial charge is 0.494 e. The van der Waals surface area contributed by atoms with Gasteiger partial charge in [-0.15, -0.1) is 0 Å². The zero-order valence-electron chi connectivity index (χ0n) is 21.3. The third-order valence-corrected chi connectivity index (χ3v) is 5.44. The Morgan fingerprint density at radius 1 is 0.824 bits per heavy atom. The Balaban J connectivity index is 1.70. The molecule has 0 spiro atoms. The van der Waals surface area contributed by atoms with Crippen molar-refractivity contribution in [2.75, 3.05) is 13.2 Å². The van der Waals surface area contributed by atoms with E-state index in [2.05, 4.69) is 41.5 Å². The minimum absolute atomic E-state index is 0.0689. The molecular formula is C27H39BO6. The second kappa shape index (κ2) is 12.3. The van der Waals surface area contributed by atoms with Crippen molar-refractivity contribution in [1.29, 1.82) is 0 Å². The molecule has 1 unspecified atom stereocenters. The standard InChI is InChI=1S/C27H39BO6/c1-26(2,3)19-24(27(4,5)6)25(29)33-18-8-7-17-32-21-13-15-23(16-14-21)34-22-11-9-20(10-12-22)28(30)31/h9-16,24,30-31H,7-8,17-19H2,1-6H3. The molecule has 0 aliphatic carbocycles. The molecule has 2 rings (SSSR count). The normalized spacial score (nSPS) is 12.7. The summed E-state index contributed by atoms with van der Waals surface area (Å²) in [5, 5.41) is 18.3. The molecule has 2 aromatic rings. The fourth-order valence-electron chi connectivity index (χ4n) is 3.47. The zero-order chi connectivity index (χ0) is 25.4. The predicted octanol–water partition coefficient (Wildman–Crippen LogP) is 4.96. The van der Waals surface area contributed by atoms with Crippen LogP contribution in [0.15, 0.2) is 48.5 Å². The Hall–Kier alpha value is -2.51. The number of carbonyl (C=O) groups is 1. The highest BCUT2D eigenvalue weighted by atomic mass is 16.5. The lowest BCUT2D eigenvalue weighted by Gasteiger charge is -2.33. The lowest BCUT2D eigenvalue weighted by Crippen LogP contribution is -2.33. The molecule has 0 bridgehead atoms. The van der Waals surface area contributed by atoms with E-state index in [1.807, 2.05) is 24.3 Å². The van der Waals surface area contributed by atoms with Crippen LogP contribution in [0.2, 0.25) is 0 Å². The Morgan fingerprint density at radius 3 is 1.82 bits per heavy atom. The molecule has 0 heterocycles. The highest BCUT2D eigenvalue weighted by Gasteiger charge is 2.35. The van der Waals surface area contributed by atoms with E-state index in [1.165, 1.54) is 0 Å². The average Bonchev–Trinajstić information content (AvgIpc) is 2.74. The van der Waals surface area contributed by atoms with Gasteiger partial charge in [-0.1, -0.05) is 53.7 Å². The van der Waals surface area contributed by atoms with E-state index in [4.69, 9.17) is 24.3 Å². The van der Waals surface area contributed by atoms with Crippen molar-refractivity contribution in [1.82, 2.24) is 0 Å². The molecule has 0 aliphatic rings. The van der Waals surface area contributed by atoms with E-state index in [1.54, 1.807) is 24.3 Å². The van der Waals surface area contributed by atoms with Crippen LogP contribution >= 0.6 is 0 Å². The zero-order valence-corrected chi connectivity index (χ0v) is 21.3. The quantitative estimate of drug-likeness (QED) is 0.274. The predicted molar refractivity (Wildman–Crippen MR) is 135 cm³/mol. The number of carbonyl (C=O) groups excluding carboxylic acids is 1. The number of hydrogen-bond acceptors (Lipinski definition) is 6. The Morgan fingerprint density at radius 2 is 1.32 bits per heavy atom. The molecule has 2 aromatic carbocycles. The number of ether oxygens (including phenoxy) is 3. The van der Waals surface area contributed by atoms with Gasteiger partial charge in [0.25, 0.3) is 0 Å². The van der Waals surface area contributed by atoms with Crippen LogP contribution in [0.4, 0.5) is 0 Å². The maximum Gasteiger partial charge on any atom is 0.488 e. The van der Waals surface area contributed by atoms with Gasteiger partial charge in [0.15, 0.2) is 0 Å². The average molecular weight is 470 g/mol. The number of esters is 1. The maximum atomic E-state index is 12.6. The van der Waals surface area contributed by atoms with E-state index in [0.717, 1.165) is 25.0 Å². The molecule has 0 aliphatic heterocycles. The van der Waals surface area contributed by atoms with Gasteiger partial charge in [0.05, 0.1) is 19.1 Å². The molecule has 186 valence electrons. The second-order valence-corrected chi connectivity index (χ2v) is 10.9. The third kappa shape index (κ3) is 9.78. The van der Waals surface area contributed by atoms with Crippen molar-refractivity contribution in [2.45, 2.75) is 60.8 Å². The summed E-state index contributed by atoms with van der Waals surface area (Å²) in [6, 6.07) is 13.9. The Bertz CT molecular complexity index is 879. The molecule has 0 fully saturated rings. The highest BCUT2D eigenvalue weighted by Crippen LogP contribution is 2.36. The number of benzene rings is 2. The van der Waals surface area contributed by atoms with Gasteiger partial charge in [-0.25, -0.2) is 0 Å². The Kier molecular flexibility index (Phi) is 10.0. The SMILES string of the molecule is CC(C)(C)CC(C(=O)OCCCCOc1ccc(Oc2ccc(B(O)O)cc2)cc1)C(C)(C)C. The van der Waals surface area contributed by atoms with Gasteiger partial charge in [0.2, 0.25) is 0 Å². The summed E-state index contributed by atoms with van der Waals surface area (Å²) in [5.41, 5.74) is 0.346. The van der Waals surface area contributed by atoms with Crippen LogP contribution in [-0.2, 0) is 9.53 Å². The summed E-state index contributed by atoms with van der Waals surface area (Å²) >= 11 is 0. The van der Waals surface area contributed by atoms with Gasteiger partial charge in [-0.05, 0) is 72.0 Å². The van der Waals surface area contributed by atoms with Gasteiger partial charge in [0, 0.05) is 0 Å². The molecule has 0 saturated heterocycles. The molecule has 0 amide bonds. The Labute approximate surface area is 204 Å². The van der Waals surface area contributed by atoms with Crippen molar-refractivity contribution in [3.8, 4) is 17.2 Å². The first-order valence-corrected chi connectivity index (χ1v) is 11.9. The third-order valence-electron chi connectivity index (χ3n) is 5.44. The molecule has 0 saturated carbocycles. The number of rotatable bonds is 11. The lowest BCUT2D eigenvalue weighted by molar-refractivity contribution is -0.154. The van der Waals surface area contributed by atoms with E-state index < -0.39 is 7.12 Å². The maximum absolute atomic E-state index is 12.6. The molecule has 7 heteroatoms. The van der Waals surface area contributed by atoms with Crippen molar-refractivity contribution < 1.29 is 29.1 Å². The molecule has 0 radical (unpaired) electrons. The summed E-state index contributed by atoms with van der Waals surface area (Å²) in [7, 11) is -1.49. The summed E-state index contributed by atoms with van der Waals surface area (Å²) in [5.74, 6) is 1.76. The molecule has 34 heavy (non-hydrogen) atoms. The fourth-order valence-corrected chi connectivity index (χ4v) is 3.47. The summed E-state index contributed by atoms with van der Waals surface area (Å²) < 4.78 is 17.1. The highest BCUT2D eigenvalue weighted by molar-refractivity contribution is 6.58. The van der Waals surface area contributed by atoms with Crippen LogP contribution in [0.5, 0.6) is 17.2 Å². The molecule has 0 aromatic heterocycles. The molecule has 6 nitrogen and oxygen atoms in total. The summed E-state index contributed by atoms with van der Waals surface area (Å²) in [6.07, 6.45) is 2.33. The summed E-state index contributed by atoms with van der Waals surface area (Å²) in [6.45, 7) is 13.7. The van der Waals surface area contributed by atoms with E-state index in [9.17, 15) is 4.79 Å². The van der Waals surface area contributed by atoms with Gasteiger partial charge in [-0.3, -0.25) is 4.79 Å². The minimum atomic E-state index is -1.49. The minimum Gasteiger partial charge on any atom is -0.494 e. The van der Waals surface area contributed by atoms with Gasteiger partial charge < -0.3 is 24.3 Å². The van der Waals surface area contributed by atoms with Crippen molar-refractivity contribution in [3.63, 3.8) is 0 Å². The van der Waals surface area contributed by atoms with Gasteiger partial charge in [-0.2, -0.15) is 0 Å².